The Labute approximate surface area is 66.2 Å². The average Bonchev–Trinajstić information content (AvgIpc) is 1.61. The summed E-state index contributed by atoms with van der Waals surface area (Å²) >= 11 is 0. The van der Waals surface area contributed by atoms with Crippen molar-refractivity contribution >= 4 is 11.8 Å². The van der Waals surface area contributed by atoms with Gasteiger partial charge in [-0.05, 0) is 6.92 Å². The molecule has 0 amide bonds. The predicted octanol–water partition coefficient (Wildman–Crippen LogP) is 0.438. The molecule has 0 rings (SSSR count). The molecule has 0 bridgehead atoms. The van der Waals surface area contributed by atoms with Crippen LogP contribution < -0.4 is 0 Å². The predicted molar refractivity (Wildman–Crippen MR) is 27.6 cm³/mol. The van der Waals surface area contributed by atoms with E-state index in [-0.39, 0.29) is 38.1 Å². The molecular weight excluding hydrogens is 209 g/mol. The third-order valence-electron chi connectivity index (χ3n) is 0.691. The fraction of sp³-hybridized carbons (Fsp3) is 0.600. The number of rotatable bonds is 3. The Bertz CT molecular complexity index is 96.8. The molecule has 0 atom stereocenters. The van der Waals surface area contributed by atoms with Crippen molar-refractivity contribution in [1.82, 2.24) is 0 Å². The summed E-state index contributed by atoms with van der Waals surface area (Å²) in [5, 5.41) is 8.01. The Hall–Kier alpha value is -0.237. The summed E-state index contributed by atoms with van der Waals surface area (Å²) < 4.78 is 0. The summed E-state index contributed by atoms with van der Waals surface area (Å²) in [4.78, 5) is 19.8. The Morgan fingerprint density at radius 1 is 1.33 bits per heavy atom. The van der Waals surface area contributed by atoms with Crippen LogP contribution in [-0.4, -0.2) is 16.9 Å². The van der Waals surface area contributed by atoms with Crippen molar-refractivity contribution in [1.29, 1.82) is 0 Å². The average molecular weight is 217 g/mol. The quantitative estimate of drug-likeness (QED) is 0.698. The van der Waals surface area contributed by atoms with E-state index in [1.807, 2.05) is 0 Å². The Balaban J connectivity index is 0. The summed E-state index contributed by atoms with van der Waals surface area (Å²) in [7, 11) is 0. The first-order chi connectivity index (χ1) is 3.63. The van der Waals surface area contributed by atoms with Crippen LogP contribution in [0, 0.1) is 0 Å². The number of carbonyl (C=O) groups excluding carboxylic acids is 1. The smallest absolute Gasteiger partial charge is 0.303 e. The number of ketones is 1. The van der Waals surface area contributed by atoms with Crippen LogP contribution in [-0.2, 0) is 29.1 Å². The van der Waals surface area contributed by atoms with Gasteiger partial charge in [-0.2, -0.15) is 0 Å². The van der Waals surface area contributed by atoms with E-state index < -0.39 is 5.97 Å². The normalized spacial score (nSPS) is 7.67. The SMILES string of the molecule is CC(=O)CCC(=O)O.[Ru]. The number of Topliss-reactive ketones (excluding diaryl/α,β-unsaturated/α-hetero) is 1. The van der Waals surface area contributed by atoms with Gasteiger partial charge in [0, 0.05) is 25.9 Å². The van der Waals surface area contributed by atoms with E-state index in [9.17, 15) is 9.59 Å². The number of hydrogen-bond donors (Lipinski definition) is 1. The van der Waals surface area contributed by atoms with Gasteiger partial charge in [0.1, 0.15) is 5.78 Å². The zero-order valence-corrected chi connectivity index (χ0v) is 6.77. The van der Waals surface area contributed by atoms with Crippen LogP contribution in [0.4, 0.5) is 0 Å². The molecule has 0 heterocycles. The van der Waals surface area contributed by atoms with Gasteiger partial charge in [0.25, 0.3) is 0 Å². The second kappa shape index (κ2) is 5.89. The molecule has 0 aliphatic carbocycles. The molecule has 0 aliphatic heterocycles. The van der Waals surface area contributed by atoms with Crippen LogP contribution >= 0.6 is 0 Å². The van der Waals surface area contributed by atoms with E-state index in [1.54, 1.807) is 0 Å². The van der Waals surface area contributed by atoms with Crippen molar-refractivity contribution in [2.24, 2.45) is 0 Å². The first kappa shape index (κ1) is 11.5. The summed E-state index contributed by atoms with van der Waals surface area (Å²) in [5.74, 6) is -0.993. The molecule has 54 valence electrons. The van der Waals surface area contributed by atoms with Crippen LogP contribution in [0.5, 0.6) is 0 Å². The summed E-state index contributed by atoms with van der Waals surface area (Å²) in [6.45, 7) is 1.38. The van der Waals surface area contributed by atoms with Crippen molar-refractivity contribution in [3.05, 3.63) is 0 Å². The maximum atomic E-state index is 10.1. The van der Waals surface area contributed by atoms with Gasteiger partial charge in [-0.1, -0.05) is 0 Å². The van der Waals surface area contributed by atoms with Crippen molar-refractivity contribution in [2.75, 3.05) is 0 Å². The number of aliphatic carboxylic acids is 1. The van der Waals surface area contributed by atoms with E-state index in [0.717, 1.165) is 0 Å². The number of carboxylic acids is 1. The summed E-state index contributed by atoms with van der Waals surface area (Å²) in [5.41, 5.74) is 0. The molecule has 0 fully saturated rings. The van der Waals surface area contributed by atoms with Crippen molar-refractivity contribution in [3.63, 3.8) is 0 Å². The summed E-state index contributed by atoms with van der Waals surface area (Å²) in [6.07, 6.45) is 0.102. The Kier molecular flexibility index (Phi) is 7.56. The van der Waals surface area contributed by atoms with Crippen LogP contribution in [0.15, 0.2) is 0 Å². The maximum absolute atomic E-state index is 10.1. The zero-order chi connectivity index (χ0) is 6.57. The largest absolute Gasteiger partial charge is 0.481 e. The van der Waals surface area contributed by atoms with Gasteiger partial charge >= 0.3 is 5.97 Å². The zero-order valence-electron chi connectivity index (χ0n) is 5.03. The van der Waals surface area contributed by atoms with Gasteiger partial charge in [-0.3, -0.25) is 4.79 Å². The van der Waals surface area contributed by atoms with E-state index in [2.05, 4.69) is 0 Å². The van der Waals surface area contributed by atoms with Crippen LogP contribution in [0.25, 0.3) is 0 Å². The fourth-order valence-corrected chi connectivity index (χ4v) is 0.283. The number of carboxylic acid groups (broad SMARTS) is 1. The molecule has 0 radical (unpaired) electrons. The molecule has 0 spiro atoms. The Morgan fingerprint density at radius 2 is 1.78 bits per heavy atom. The molecule has 0 aliphatic rings. The minimum Gasteiger partial charge on any atom is -0.481 e. The van der Waals surface area contributed by atoms with Gasteiger partial charge in [0.05, 0.1) is 6.42 Å². The molecule has 0 aromatic rings. The van der Waals surface area contributed by atoms with Crippen molar-refractivity contribution in [2.45, 2.75) is 19.8 Å². The monoisotopic (exact) mass is 218 g/mol. The Morgan fingerprint density at radius 3 is 1.89 bits per heavy atom. The first-order valence-electron chi connectivity index (χ1n) is 2.34. The second-order valence-corrected chi connectivity index (χ2v) is 1.60. The molecule has 3 nitrogen and oxygen atoms in total. The van der Waals surface area contributed by atoms with E-state index in [4.69, 9.17) is 5.11 Å². The molecule has 0 aromatic heterocycles. The third kappa shape index (κ3) is 11.4. The molecule has 0 saturated heterocycles. The molecule has 0 aromatic carbocycles. The van der Waals surface area contributed by atoms with E-state index in [0.29, 0.717) is 0 Å². The van der Waals surface area contributed by atoms with Gasteiger partial charge in [0.2, 0.25) is 0 Å². The molecule has 0 unspecified atom stereocenters. The number of hydrogen-bond acceptors (Lipinski definition) is 2. The molecule has 9 heavy (non-hydrogen) atoms. The van der Waals surface area contributed by atoms with Crippen molar-refractivity contribution in [3.8, 4) is 0 Å². The van der Waals surface area contributed by atoms with Gasteiger partial charge in [-0.25, -0.2) is 0 Å². The van der Waals surface area contributed by atoms with Crippen LogP contribution in [0.3, 0.4) is 0 Å². The van der Waals surface area contributed by atoms with Gasteiger partial charge < -0.3 is 9.90 Å². The minimum atomic E-state index is -0.916. The van der Waals surface area contributed by atoms with Gasteiger partial charge in [0.15, 0.2) is 0 Å². The van der Waals surface area contributed by atoms with Crippen LogP contribution in [0.1, 0.15) is 19.8 Å². The van der Waals surface area contributed by atoms with E-state index >= 15 is 0 Å². The first-order valence-corrected chi connectivity index (χ1v) is 2.34. The maximum Gasteiger partial charge on any atom is 0.303 e. The topological polar surface area (TPSA) is 54.4 Å². The standard InChI is InChI=1S/C5H8O3.Ru/c1-4(6)2-3-5(7)8;/h2-3H2,1H3,(H,7,8);. The van der Waals surface area contributed by atoms with Crippen molar-refractivity contribution < 1.29 is 34.2 Å². The molecule has 1 N–H and O–H groups in total. The second-order valence-electron chi connectivity index (χ2n) is 1.60. The van der Waals surface area contributed by atoms with Gasteiger partial charge in [-0.15, -0.1) is 0 Å². The van der Waals surface area contributed by atoms with Crippen LogP contribution in [0.2, 0.25) is 0 Å². The minimum absolute atomic E-state index is 0. The summed E-state index contributed by atoms with van der Waals surface area (Å²) in [6, 6.07) is 0. The number of carbonyl (C=O) groups is 2. The third-order valence-corrected chi connectivity index (χ3v) is 0.691. The molecular formula is C5H8O3Ru. The van der Waals surface area contributed by atoms with E-state index in [1.165, 1.54) is 6.92 Å². The fourth-order valence-electron chi connectivity index (χ4n) is 0.283. The molecule has 0 saturated carbocycles. The molecule has 4 heteroatoms.